The summed E-state index contributed by atoms with van der Waals surface area (Å²) in [6.45, 7) is 3.70. The quantitative estimate of drug-likeness (QED) is 0.760. The number of piperidine rings is 1. The van der Waals surface area contributed by atoms with Crippen LogP contribution in [0.15, 0.2) is 18.2 Å². The van der Waals surface area contributed by atoms with Gasteiger partial charge in [0.2, 0.25) is 0 Å². The molecule has 3 aliphatic heterocycles. The summed E-state index contributed by atoms with van der Waals surface area (Å²) in [6.07, 6.45) is 7.13. The zero-order valence-electron chi connectivity index (χ0n) is 16.6. The van der Waals surface area contributed by atoms with Gasteiger partial charge >= 0.3 is 6.09 Å². The summed E-state index contributed by atoms with van der Waals surface area (Å²) in [6, 6.07) is 6.35. The molecule has 0 aliphatic carbocycles. The molecule has 2 amide bonds. The van der Waals surface area contributed by atoms with Gasteiger partial charge in [-0.3, -0.25) is 4.79 Å². The van der Waals surface area contributed by atoms with Crippen LogP contribution in [0.2, 0.25) is 0 Å². The second-order valence-corrected chi connectivity index (χ2v) is 8.15. The largest absolute Gasteiger partial charge is 0.493 e. The summed E-state index contributed by atoms with van der Waals surface area (Å²) >= 11 is 0. The second kappa shape index (κ2) is 8.41. The first-order valence-corrected chi connectivity index (χ1v) is 10.6. The maximum absolute atomic E-state index is 12.4. The Morgan fingerprint density at radius 3 is 2.79 bits per heavy atom. The van der Waals surface area contributed by atoms with Gasteiger partial charge in [-0.2, -0.15) is 0 Å². The number of hydrogen-bond acceptors (Lipinski definition) is 4. The summed E-state index contributed by atoms with van der Waals surface area (Å²) in [5.41, 5.74) is 1.83. The molecule has 2 bridgehead atoms. The van der Waals surface area contributed by atoms with E-state index in [1.165, 1.54) is 0 Å². The molecule has 0 aromatic heterocycles. The van der Waals surface area contributed by atoms with Crippen LogP contribution in [0.25, 0.3) is 0 Å². The molecule has 2 unspecified atom stereocenters. The Kier molecular flexibility index (Phi) is 5.74. The third-order valence-electron chi connectivity index (χ3n) is 6.34. The molecule has 28 heavy (non-hydrogen) atoms. The van der Waals surface area contributed by atoms with E-state index in [-0.39, 0.29) is 12.0 Å². The van der Waals surface area contributed by atoms with Crippen molar-refractivity contribution in [2.75, 3.05) is 19.8 Å². The predicted octanol–water partition coefficient (Wildman–Crippen LogP) is 3.53. The minimum absolute atomic E-state index is 0.00750. The molecule has 1 aromatic rings. The van der Waals surface area contributed by atoms with E-state index >= 15 is 0 Å². The summed E-state index contributed by atoms with van der Waals surface area (Å²) < 4.78 is 10.7. The van der Waals surface area contributed by atoms with Crippen molar-refractivity contribution in [1.29, 1.82) is 0 Å². The fourth-order valence-corrected chi connectivity index (χ4v) is 5.04. The molecule has 2 saturated heterocycles. The van der Waals surface area contributed by atoms with E-state index in [2.05, 4.69) is 5.32 Å². The third-order valence-corrected chi connectivity index (χ3v) is 6.34. The van der Waals surface area contributed by atoms with Crippen LogP contribution < -0.4 is 10.1 Å². The Morgan fingerprint density at radius 1 is 1.25 bits per heavy atom. The lowest BCUT2D eigenvalue weighted by Gasteiger charge is -2.38. The van der Waals surface area contributed by atoms with E-state index in [1.807, 2.05) is 30.0 Å². The van der Waals surface area contributed by atoms with Gasteiger partial charge in [0, 0.05) is 30.6 Å². The van der Waals surface area contributed by atoms with Gasteiger partial charge in [-0.1, -0.05) is 0 Å². The van der Waals surface area contributed by atoms with Gasteiger partial charge in [-0.25, -0.2) is 4.79 Å². The zero-order valence-corrected chi connectivity index (χ0v) is 16.6. The number of nitrogens with zero attached hydrogens (tertiary/aromatic N) is 1. The maximum atomic E-state index is 12.4. The minimum Gasteiger partial charge on any atom is -0.493 e. The van der Waals surface area contributed by atoms with Crippen molar-refractivity contribution in [3.8, 4) is 5.75 Å². The average molecular weight is 386 g/mol. The van der Waals surface area contributed by atoms with Crippen molar-refractivity contribution in [2.45, 2.75) is 64.0 Å². The van der Waals surface area contributed by atoms with Crippen LogP contribution in [0.5, 0.6) is 5.75 Å². The second-order valence-electron chi connectivity index (χ2n) is 8.15. The van der Waals surface area contributed by atoms with Crippen LogP contribution in [-0.4, -0.2) is 48.7 Å². The highest BCUT2D eigenvalue weighted by Crippen LogP contribution is 2.40. The van der Waals surface area contributed by atoms with E-state index in [0.717, 1.165) is 56.3 Å². The molecule has 2 fully saturated rings. The Hall–Kier alpha value is -2.24. The van der Waals surface area contributed by atoms with Crippen LogP contribution >= 0.6 is 0 Å². The molecule has 0 spiro atoms. The van der Waals surface area contributed by atoms with Crippen LogP contribution in [0.4, 0.5) is 4.79 Å². The van der Waals surface area contributed by atoms with Crippen molar-refractivity contribution in [3.05, 3.63) is 29.3 Å². The highest BCUT2D eigenvalue weighted by atomic mass is 16.6. The number of carbonyl (C=O) groups excluding carboxylic acids is 2. The van der Waals surface area contributed by atoms with Gasteiger partial charge in [0.05, 0.1) is 13.2 Å². The van der Waals surface area contributed by atoms with Gasteiger partial charge in [0.1, 0.15) is 5.75 Å². The highest BCUT2D eigenvalue weighted by Gasteiger charge is 2.43. The molecule has 1 aromatic carbocycles. The number of carbonyl (C=O) groups is 2. The lowest BCUT2D eigenvalue weighted by Crippen LogP contribution is -2.46. The monoisotopic (exact) mass is 386 g/mol. The number of benzene rings is 1. The predicted molar refractivity (Wildman–Crippen MR) is 106 cm³/mol. The Labute approximate surface area is 166 Å². The minimum atomic E-state index is -0.138. The molecule has 3 aliphatic rings. The summed E-state index contributed by atoms with van der Waals surface area (Å²) in [7, 11) is 0. The molecule has 3 heterocycles. The van der Waals surface area contributed by atoms with E-state index in [1.54, 1.807) is 0 Å². The SMILES string of the molecule is CCOC(=O)N1C2CCC1CC(CCCNC(=O)c1ccc3c(c1)CCO3)C2. The van der Waals surface area contributed by atoms with E-state index < -0.39 is 0 Å². The van der Waals surface area contributed by atoms with E-state index in [4.69, 9.17) is 9.47 Å². The van der Waals surface area contributed by atoms with Crippen LogP contribution in [-0.2, 0) is 11.2 Å². The van der Waals surface area contributed by atoms with Crippen molar-refractivity contribution >= 4 is 12.0 Å². The third kappa shape index (κ3) is 3.96. The number of ether oxygens (including phenoxy) is 2. The van der Waals surface area contributed by atoms with Crippen LogP contribution in [0.3, 0.4) is 0 Å². The number of nitrogens with one attached hydrogen (secondary N) is 1. The lowest BCUT2D eigenvalue weighted by atomic mass is 9.87. The average Bonchev–Trinajstić information content (AvgIpc) is 3.27. The summed E-state index contributed by atoms with van der Waals surface area (Å²) in [5.74, 6) is 1.53. The molecule has 1 N–H and O–H groups in total. The number of rotatable bonds is 6. The Balaban J connectivity index is 1.20. The number of hydrogen-bond donors (Lipinski definition) is 1. The molecule has 0 saturated carbocycles. The Morgan fingerprint density at radius 2 is 2.04 bits per heavy atom. The van der Waals surface area contributed by atoms with E-state index in [9.17, 15) is 9.59 Å². The normalized spacial score (nSPS) is 25.2. The maximum Gasteiger partial charge on any atom is 0.410 e. The fourth-order valence-electron chi connectivity index (χ4n) is 5.04. The van der Waals surface area contributed by atoms with Crippen molar-refractivity contribution in [3.63, 3.8) is 0 Å². The summed E-state index contributed by atoms with van der Waals surface area (Å²) in [5, 5.41) is 3.05. The van der Waals surface area contributed by atoms with Gasteiger partial charge in [-0.05, 0) is 75.1 Å². The first-order valence-electron chi connectivity index (χ1n) is 10.6. The fraction of sp³-hybridized carbons (Fsp3) is 0.636. The smallest absolute Gasteiger partial charge is 0.410 e. The van der Waals surface area contributed by atoms with Crippen LogP contribution in [0.1, 0.15) is 61.4 Å². The zero-order chi connectivity index (χ0) is 19.5. The lowest BCUT2D eigenvalue weighted by molar-refractivity contribution is 0.0588. The highest BCUT2D eigenvalue weighted by molar-refractivity contribution is 5.94. The van der Waals surface area contributed by atoms with Gasteiger partial charge in [0.25, 0.3) is 5.91 Å². The molecule has 2 atom stereocenters. The van der Waals surface area contributed by atoms with Gasteiger partial charge in [-0.15, -0.1) is 0 Å². The topological polar surface area (TPSA) is 67.9 Å². The molecule has 6 heteroatoms. The number of fused-ring (bicyclic) bond motifs is 3. The molecule has 6 nitrogen and oxygen atoms in total. The van der Waals surface area contributed by atoms with Crippen molar-refractivity contribution in [1.82, 2.24) is 10.2 Å². The standard InChI is InChI=1S/C22H30N2O4/c1-2-27-22(26)24-18-6-7-19(24)13-15(12-18)4-3-10-23-21(25)17-5-8-20-16(14-17)9-11-28-20/h5,8,14-15,18-19H,2-4,6-7,9-13H2,1H3,(H,23,25). The molecular formula is C22H30N2O4. The van der Waals surface area contributed by atoms with Gasteiger partial charge in [0.15, 0.2) is 0 Å². The summed E-state index contributed by atoms with van der Waals surface area (Å²) in [4.78, 5) is 26.5. The van der Waals surface area contributed by atoms with E-state index in [0.29, 0.717) is 43.3 Å². The Bertz CT molecular complexity index is 721. The van der Waals surface area contributed by atoms with Crippen molar-refractivity contribution in [2.24, 2.45) is 5.92 Å². The number of amides is 2. The first-order chi connectivity index (χ1) is 13.7. The molecule has 0 radical (unpaired) electrons. The van der Waals surface area contributed by atoms with Crippen molar-refractivity contribution < 1.29 is 19.1 Å². The van der Waals surface area contributed by atoms with Gasteiger partial charge < -0.3 is 19.7 Å². The molecular weight excluding hydrogens is 356 g/mol. The molecule has 152 valence electrons. The van der Waals surface area contributed by atoms with Crippen LogP contribution in [0, 0.1) is 5.92 Å². The first kappa shape index (κ1) is 19.1. The molecule has 4 rings (SSSR count).